The molecule has 0 radical (unpaired) electrons. The molecule has 2 aromatic rings. The SMILES string of the molecule is CC(C)(C)[C@]1(CNc2cc(Nc3cnc(C#N)cn3)ncc2C(F)(F)F)CN(C(=O)O)CCO1. The number of carboxylic acid groups (broad SMARTS) is 1. The molecule has 3 rings (SSSR count). The van der Waals surface area contributed by atoms with E-state index in [-0.39, 0.29) is 49.3 Å². The molecular weight excluding hydrogens is 455 g/mol. The van der Waals surface area contributed by atoms with Gasteiger partial charge in [0.2, 0.25) is 0 Å². The van der Waals surface area contributed by atoms with Crippen LogP contribution in [0, 0.1) is 16.7 Å². The van der Waals surface area contributed by atoms with E-state index in [0.29, 0.717) is 6.20 Å². The van der Waals surface area contributed by atoms with Crippen molar-refractivity contribution in [1.29, 1.82) is 5.26 Å². The first kappa shape index (κ1) is 25.0. The van der Waals surface area contributed by atoms with Gasteiger partial charge in [0.25, 0.3) is 0 Å². The number of nitrogens with one attached hydrogen (secondary N) is 2. The number of alkyl halides is 3. The van der Waals surface area contributed by atoms with Crippen LogP contribution in [0.2, 0.25) is 0 Å². The molecule has 1 aliphatic rings. The number of nitriles is 1. The first-order chi connectivity index (χ1) is 15.8. The minimum atomic E-state index is -4.68. The fourth-order valence-electron chi connectivity index (χ4n) is 3.49. The lowest BCUT2D eigenvalue weighted by Gasteiger charge is -2.49. The largest absolute Gasteiger partial charge is 0.465 e. The van der Waals surface area contributed by atoms with Gasteiger partial charge in [-0.1, -0.05) is 20.8 Å². The number of aromatic nitrogens is 3. The van der Waals surface area contributed by atoms with Gasteiger partial charge in [0.15, 0.2) is 5.69 Å². The normalized spacial score (nSPS) is 18.8. The number of pyridine rings is 1. The highest BCUT2D eigenvalue weighted by Gasteiger charge is 2.48. The van der Waals surface area contributed by atoms with Crippen molar-refractivity contribution in [3.63, 3.8) is 0 Å². The second kappa shape index (κ2) is 9.30. The molecule has 1 fully saturated rings. The maximum atomic E-state index is 13.7. The van der Waals surface area contributed by atoms with Crippen LogP contribution in [0.15, 0.2) is 24.7 Å². The van der Waals surface area contributed by atoms with Gasteiger partial charge in [-0.25, -0.2) is 19.7 Å². The Morgan fingerprint density at radius 1 is 1.24 bits per heavy atom. The van der Waals surface area contributed by atoms with E-state index in [2.05, 4.69) is 25.6 Å². The number of nitrogens with zero attached hydrogens (tertiary/aromatic N) is 5. The molecule has 0 unspecified atom stereocenters. The number of anilines is 3. The van der Waals surface area contributed by atoms with Gasteiger partial charge in [0.1, 0.15) is 23.3 Å². The third-order valence-corrected chi connectivity index (χ3v) is 5.62. The Morgan fingerprint density at radius 3 is 2.50 bits per heavy atom. The van der Waals surface area contributed by atoms with Crippen molar-refractivity contribution in [2.75, 3.05) is 36.9 Å². The Morgan fingerprint density at radius 2 is 1.94 bits per heavy atom. The molecule has 0 bridgehead atoms. The van der Waals surface area contributed by atoms with Crippen LogP contribution in [0.25, 0.3) is 0 Å². The van der Waals surface area contributed by atoms with Crippen LogP contribution in [-0.4, -0.2) is 62.9 Å². The maximum Gasteiger partial charge on any atom is 0.419 e. The van der Waals surface area contributed by atoms with Crippen molar-refractivity contribution < 1.29 is 27.8 Å². The minimum absolute atomic E-state index is 0.00277. The van der Waals surface area contributed by atoms with Crippen LogP contribution in [0.4, 0.5) is 35.3 Å². The summed E-state index contributed by atoms with van der Waals surface area (Å²) >= 11 is 0. The monoisotopic (exact) mass is 479 g/mol. The summed E-state index contributed by atoms with van der Waals surface area (Å²) in [5.41, 5.74) is -2.84. The van der Waals surface area contributed by atoms with Gasteiger partial charge < -0.3 is 25.4 Å². The van der Waals surface area contributed by atoms with Gasteiger partial charge in [-0.15, -0.1) is 0 Å². The number of carbonyl (C=O) groups is 1. The van der Waals surface area contributed by atoms with Gasteiger partial charge in [0, 0.05) is 25.4 Å². The summed E-state index contributed by atoms with van der Waals surface area (Å²) in [5, 5.41) is 23.8. The second-order valence-corrected chi connectivity index (χ2v) is 8.79. The Labute approximate surface area is 193 Å². The highest BCUT2D eigenvalue weighted by molar-refractivity contribution is 5.65. The van der Waals surface area contributed by atoms with E-state index in [1.807, 2.05) is 26.8 Å². The van der Waals surface area contributed by atoms with E-state index in [1.165, 1.54) is 23.4 Å². The molecule has 3 heterocycles. The third-order valence-electron chi connectivity index (χ3n) is 5.62. The summed E-state index contributed by atoms with van der Waals surface area (Å²) in [6.45, 7) is 5.74. The maximum absolute atomic E-state index is 13.7. The molecule has 10 nitrogen and oxygen atoms in total. The zero-order valence-electron chi connectivity index (χ0n) is 18.8. The molecule has 1 amide bonds. The Balaban J connectivity index is 1.90. The van der Waals surface area contributed by atoms with Crippen molar-refractivity contribution in [3.05, 3.63) is 35.9 Å². The number of rotatable bonds is 5. The molecule has 0 spiro atoms. The molecule has 1 aliphatic heterocycles. The summed E-state index contributed by atoms with van der Waals surface area (Å²) in [7, 11) is 0. The van der Waals surface area contributed by atoms with Gasteiger partial charge in [0.05, 0.1) is 36.8 Å². The first-order valence-electron chi connectivity index (χ1n) is 10.3. The number of halogens is 3. The standard InChI is InChI=1S/C21H24F3N7O3/c1-19(2,3)20(12-31(18(32)33)4-5-34-20)11-29-15-6-16(28-9-14(15)21(22,23)24)30-17-10-26-13(7-25)8-27-17/h6,8-10H,4-5,11-12H2,1-3H3,(H,32,33)(H2,27,28,29,30)/t20-/m0/s1. The Hall–Kier alpha value is -3.66. The lowest BCUT2D eigenvalue weighted by Crippen LogP contribution is -2.62. The topological polar surface area (TPSA) is 136 Å². The molecule has 34 heavy (non-hydrogen) atoms. The van der Waals surface area contributed by atoms with Crippen LogP contribution in [-0.2, 0) is 10.9 Å². The molecule has 0 aliphatic carbocycles. The quantitative estimate of drug-likeness (QED) is 0.586. The average molecular weight is 479 g/mol. The average Bonchev–Trinajstić information content (AvgIpc) is 2.77. The highest BCUT2D eigenvalue weighted by atomic mass is 19.4. The van der Waals surface area contributed by atoms with Crippen molar-refractivity contribution in [1.82, 2.24) is 19.9 Å². The van der Waals surface area contributed by atoms with Crippen LogP contribution < -0.4 is 10.6 Å². The van der Waals surface area contributed by atoms with Gasteiger partial charge in [-0.05, 0) is 5.41 Å². The van der Waals surface area contributed by atoms with Crippen molar-refractivity contribution in [2.24, 2.45) is 5.41 Å². The van der Waals surface area contributed by atoms with Gasteiger partial charge in [-0.3, -0.25) is 0 Å². The number of ether oxygens (including phenoxy) is 1. The van der Waals surface area contributed by atoms with Crippen LogP contribution >= 0.6 is 0 Å². The molecule has 2 aromatic heterocycles. The van der Waals surface area contributed by atoms with Crippen LogP contribution in [0.1, 0.15) is 32.0 Å². The number of morpholine rings is 1. The molecule has 1 atom stereocenters. The Kier molecular flexibility index (Phi) is 6.83. The van der Waals surface area contributed by atoms with E-state index in [4.69, 9.17) is 10.00 Å². The first-order valence-corrected chi connectivity index (χ1v) is 10.3. The van der Waals surface area contributed by atoms with Crippen LogP contribution in [0.3, 0.4) is 0 Å². The van der Waals surface area contributed by atoms with E-state index in [1.54, 1.807) is 0 Å². The van der Waals surface area contributed by atoms with Crippen molar-refractivity contribution >= 4 is 23.4 Å². The van der Waals surface area contributed by atoms with E-state index in [9.17, 15) is 23.1 Å². The predicted molar refractivity (Wildman–Crippen MR) is 115 cm³/mol. The second-order valence-electron chi connectivity index (χ2n) is 8.79. The lowest BCUT2D eigenvalue weighted by molar-refractivity contribution is -0.150. The summed E-state index contributed by atoms with van der Waals surface area (Å²) < 4.78 is 47.0. The summed E-state index contributed by atoms with van der Waals surface area (Å²) in [6, 6.07) is 3.00. The van der Waals surface area contributed by atoms with Gasteiger partial charge >= 0.3 is 12.3 Å². The van der Waals surface area contributed by atoms with Crippen molar-refractivity contribution in [2.45, 2.75) is 32.5 Å². The van der Waals surface area contributed by atoms with E-state index < -0.39 is 28.8 Å². The molecule has 13 heteroatoms. The number of hydrogen-bond acceptors (Lipinski definition) is 8. The fourth-order valence-corrected chi connectivity index (χ4v) is 3.49. The minimum Gasteiger partial charge on any atom is -0.465 e. The molecule has 182 valence electrons. The fraction of sp³-hybridized carbons (Fsp3) is 0.476. The third kappa shape index (κ3) is 5.45. The molecule has 0 saturated carbocycles. The molecular formula is C21H24F3N7O3. The molecule has 3 N–H and O–H groups in total. The zero-order valence-corrected chi connectivity index (χ0v) is 18.8. The molecule has 0 aromatic carbocycles. The molecule has 1 saturated heterocycles. The number of amides is 1. The predicted octanol–water partition coefficient (Wildman–Crippen LogP) is 3.71. The van der Waals surface area contributed by atoms with E-state index in [0.717, 1.165) is 0 Å². The summed E-state index contributed by atoms with van der Waals surface area (Å²) in [5.74, 6) is 0.257. The lowest BCUT2D eigenvalue weighted by atomic mass is 9.75. The Bertz CT molecular complexity index is 1080. The zero-order chi connectivity index (χ0) is 25.1. The summed E-state index contributed by atoms with van der Waals surface area (Å²) in [4.78, 5) is 24.4. The van der Waals surface area contributed by atoms with Gasteiger partial charge in [-0.2, -0.15) is 18.4 Å². The van der Waals surface area contributed by atoms with Crippen molar-refractivity contribution in [3.8, 4) is 6.07 Å². The van der Waals surface area contributed by atoms with Crippen LogP contribution in [0.5, 0.6) is 0 Å². The highest BCUT2D eigenvalue weighted by Crippen LogP contribution is 2.39. The van der Waals surface area contributed by atoms with E-state index >= 15 is 0 Å². The number of hydrogen-bond donors (Lipinski definition) is 3. The summed E-state index contributed by atoms with van der Waals surface area (Å²) in [6.07, 6.45) is -2.63. The smallest absolute Gasteiger partial charge is 0.419 e.